The molecule has 92 valence electrons. The van der Waals surface area contributed by atoms with Crippen molar-refractivity contribution in [1.82, 2.24) is 9.88 Å². The van der Waals surface area contributed by atoms with Gasteiger partial charge in [0.15, 0.2) is 0 Å². The van der Waals surface area contributed by atoms with Crippen LogP contribution in [0.5, 0.6) is 0 Å². The number of anilines is 1. The van der Waals surface area contributed by atoms with Gasteiger partial charge in [-0.05, 0) is 31.2 Å². The van der Waals surface area contributed by atoms with E-state index in [1.807, 2.05) is 13.0 Å². The van der Waals surface area contributed by atoms with E-state index in [-0.39, 0.29) is 0 Å². The van der Waals surface area contributed by atoms with Gasteiger partial charge >= 0.3 is 0 Å². The van der Waals surface area contributed by atoms with Gasteiger partial charge in [0.1, 0.15) is 5.82 Å². The van der Waals surface area contributed by atoms with Crippen LogP contribution in [0.4, 0.5) is 5.82 Å². The van der Waals surface area contributed by atoms with Crippen LogP contribution in [0.25, 0.3) is 6.08 Å². The summed E-state index contributed by atoms with van der Waals surface area (Å²) >= 11 is 0. The average Bonchev–Trinajstić information content (AvgIpc) is 2.39. The first-order valence-corrected chi connectivity index (χ1v) is 6.32. The average molecular weight is 231 g/mol. The maximum Gasteiger partial charge on any atom is 0.128 e. The standard InChI is InChI=1S/C14H21N3/c1-4-13-6-7-14(15-12(13)3)17-10-8-16(5-2)9-11-17/h4,6-7H,1,5,8-11H2,2-3H3. The van der Waals surface area contributed by atoms with Gasteiger partial charge in [0.2, 0.25) is 0 Å². The van der Waals surface area contributed by atoms with E-state index in [0.717, 1.165) is 49.8 Å². The fourth-order valence-electron chi connectivity index (χ4n) is 2.24. The molecule has 1 fully saturated rings. The minimum atomic E-state index is 1.07. The highest BCUT2D eigenvalue weighted by Crippen LogP contribution is 2.17. The molecule has 1 saturated heterocycles. The van der Waals surface area contributed by atoms with Crippen molar-refractivity contribution in [3.63, 3.8) is 0 Å². The third-order valence-electron chi connectivity index (χ3n) is 3.48. The third-order valence-corrected chi connectivity index (χ3v) is 3.48. The lowest BCUT2D eigenvalue weighted by Gasteiger charge is -2.34. The zero-order chi connectivity index (χ0) is 12.3. The quantitative estimate of drug-likeness (QED) is 0.795. The number of rotatable bonds is 3. The summed E-state index contributed by atoms with van der Waals surface area (Å²) < 4.78 is 0. The van der Waals surface area contributed by atoms with Gasteiger partial charge in [-0.25, -0.2) is 4.98 Å². The highest BCUT2D eigenvalue weighted by Gasteiger charge is 2.16. The normalized spacial score (nSPS) is 17.2. The summed E-state index contributed by atoms with van der Waals surface area (Å²) in [5.74, 6) is 1.10. The Morgan fingerprint density at radius 1 is 1.29 bits per heavy atom. The number of hydrogen-bond acceptors (Lipinski definition) is 3. The molecule has 0 aliphatic carbocycles. The summed E-state index contributed by atoms with van der Waals surface area (Å²) in [5.41, 5.74) is 2.19. The Hall–Kier alpha value is -1.35. The molecule has 0 aromatic carbocycles. The number of aryl methyl sites for hydroxylation is 1. The number of piperazine rings is 1. The van der Waals surface area contributed by atoms with E-state index in [2.05, 4.69) is 40.4 Å². The molecule has 1 aliphatic rings. The van der Waals surface area contributed by atoms with Crippen LogP contribution >= 0.6 is 0 Å². The maximum atomic E-state index is 4.65. The smallest absolute Gasteiger partial charge is 0.128 e. The molecule has 0 amide bonds. The highest BCUT2D eigenvalue weighted by atomic mass is 15.3. The van der Waals surface area contributed by atoms with Gasteiger partial charge in [0.05, 0.1) is 0 Å². The fourth-order valence-corrected chi connectivity index (χ4v) is 2.24. The predicted molar refractivity (Wildman–Crippen MR) is 73.4 cm³/mol. The van der Waals surface area contributed by atoms with Crippen LogP contribution in [-0.2, 0) is 0 Å². The topological polar surface area (TPSA) is 19.4 Å². The second-order valence-corrected chi connectivity index (χ2v) is 4.47. The lowest BCUT2D eigenvalue weighted by atomic mass is 10.2. The first-order valence-electron chi connectivity index (χ1n) is 6.32. The second kappa shape index (κ2) is 5.32. The van der Waals surface area contributed by atoms with Crippen molar-refractivity contribution in [3.8, 4) is 0 Å². The van der Waals surface area contributed by atoms with Crippen LogP contribution in [0.15, 0.2) is 18.7 Å². The van der Waals surface area contributed by atoms with E-state index >= 15 is 0 Å². The van der Waals surface area contributed by atoms with E-state index < -0.39 is 0 Å². The van der Waals surface area contributed by atoms with Crippen LogP contribution in [0.1, 0.15) is 18.2 Å². The highest BCUT2D eigenvalue weighted by molar-refractivity contribution is 5.53. The van der Waals surface area contributed by atoms with Gasteiger partial charge in [0.25, 0.3) is 0 Å². The predicted octanol–water partition coefficient (Wildman–Crippen LogP) is 2.17. The molecule has 0 N–H and O–H groups in total. The molecule has 1 aromatic heterocycles. The van der Waals surface area contributed by atoms with Crippen molar-refractivity contribution >= 4 is 11.9 Å². The van der Waals surface area contributed by atoms with E-state index in [1.54, 1.807) is 0 Å². The van der Waals surface area contributed by atoms with Crippen LogP contribution in [-0.4, -0.2) is 42.6 Å². The molecule has 17 heavy (non-hydrogen) atoms. The van der Waals surface area contributed by atoms with E-state index in [9.17, 15) is 0 Å². The van der Waals surface area contributed by atoms with Gasteiger partial charge in [-0.3, -0.25) is 0 Å². The molecular formula is C14H21N3. The molecule has 0 unspecified atom stereocenters. The Labute approximate surface area is 104 Å². The Morgan fingerprint density at radius 3 is 2.53 bits per heavy atom. The third kappa shape index (κ3) is 2.67. The van der Waals surface area contributed by atoms with Gasteiger partial charge in [0, 0.05) is 31.9 Å². The first kappa shape index (κ1) is 12.1. The molecule has 1 aliphatic heterocycles. The molecule has 0 bridgehead atoms. The van der Waals surface area contributed by atoms with Crippen molar-refractivity contribution in [2.75, 3.05) is 37.6 Å². The summed E-state index contributed by atoms with van der Waals surface area (Å²) in [6, 6.07) is 4.21. The molecule has 0 saturated carbocycles. The van der Waals surface area contributed by atoms with Crippen molar-refractivity contribution in [1.29, 1.82) is 0 Å². The Bertz CT molecular complexity index is 392. The summed E-state index contributed by atoms with van der Waals surface area (Å²) in [4.78, 5) is 9.50. The van der Waals surface area contributed by atoms with Crippen molar-refractivity contribution in [3.05, 3.63) is 30.0 Å². The fraction of sp³-hybridized carbons (Fsp3) is 0.500. The monoisotopic (exact) mass is 231 g/mol. The molecule has 3 heteroatoms. The SMILES string of the molecule is C=Cc1ccc(N2CCN(CC)CC2)nc1C. The summed E-state index contributed by atoms with van der Waals surface area (Å²) in [7, 11) is 0. The molecule has 2 rings (SSSR count). The lowest BCUT2D eigenvalue weighted by Crippen LogP contribution is -2.46. The van der Waals surface area contributed by atoms with Gasteiger partial charge in [-0.15, -0.1) is 0 Å². The summed E-state index contributed by atoms with van der Waals surface area (Å²) in [6.45, 7) is 13.6. The van der Waals surface area contributed by atoms with E-state index in [4.69, 9.17) is 0 Å². The van der Waals surface area contributed by atoms with Gasteiger partial charge < -0.3 is 9.80 Å². The maximum absolute atomic E-state index is 4.65. The van der Waals surface area contributed by atoms with Crippen molar-refractivity contribution in [2.24, 2.45) is 0 Å². The molecule has 3 nitrogen and oxygen atoms in total. The summed E-state index contributed by atoms with van der Waals surface area (Å²) in [6.07, 6.45) is 1.86. The minimum absolute atomic E-state index is 1.07. The summed E-state index contributed by atoms with van der Waals surface area (Å²) in [5, 5.41) is 0. The number of likely N-dealkylation sites (N-methyl/N-ethyl adjacent to an activating group) is 1. The van der Waals surface area contributed by atoms with Crippen LogP contribution in [0.3, 0.4) is 0 Å². The van der Waals surface area contributed by atoms with Crippen LogP contribution in [0.2, 0.25) is 0 Å². The largest absolute Gasteiger partial charge is 0.354 e. The zero-order valence-electron chi connectivity index (χ0n) is 10.8. The first-order chi connectivity index (χ1) is 8.24. The van der Waals surface area contributed by atoms with Crippen LogP contribution < -0.4 is 4.90 Å². The second-order valence-electron chi connectivity index (χ2n) is 4.47. The molecule has 0 radical (unpaired) electrons. The van der Waals surface area contributed by atoms with E-state index in [0.29, 0.717) is 0 Å². The van der Waals surface area contributed by atoms with Crippen molar-refractivity contribution in [2.45, 2.75) is 13.8 Å². The molecular weight excluding hydrogens is 210 g/mol. The van der Waals surface area contributed by atoms with Crippen molar-refractivity contribution < 1.29 is 0 Å². The molecule has 0 spiro atoms. The number of aromatic nitrogens is 1. The number of nitrogens with zero attached hydrogens (tertiary/aromatic N) is 3. The Kier molecular flexibility index (Phi) is 3.79. The number of hydrogen-bond donors (Lipinski definition) is 0. The lowest BCUT2D eigenvalue weighted by molar-refractivity contribution is 0.270. The minimum Gasteiger partial charge on any atom is -0.354 e. The van der Waals surface area contributed by atoms with E-state index in [1.165, 1.54) is 0 Å². The van der Waals surface area contributed by atoms with Crippen LogP contribution in [0, 0.1) is 6.92 Å². The zero-order valence-corrected chi connectivity index (χ0v) is 10.8. The molecule has 0 atom stereocenters. The molecule has 1 aromatic rings. The molecule has 2 heterocycles. The Balaban J connectivity index is 2.08. The van der Waals surface area contributed by atoms with Gasteiger partial charge in [-0.1, -0.05) is 19.6 Å². The number of pyridine rings is 1. The van der Waals surface area contributed by atoms with Gasteiger partial charge in [-0.2, -0.15) is 0 Å². The Morgan fingerprint density at radius 2 is 2.00 bits per heavy atom.